The molecule has 108 valence electrons. The Kier molecular flexibility index (Phi) is 3.92. The van der Waals surface area contributed by atoms with Gasteiger partial charge in [-0.15, -0.1) is 0 Å². The third kappa shape index (κ3) is 2.78. The summed E-state index contributed by atoms with van der Waals surface area (Å²) in [5.41, 5.74) is 0.618. The van der Waals surface area contributed by atoms with Crippen molar-refractivity contribution in [3.05, 3.63) is 60.0 Å². The van der Waals surface area contributed by atoms with Crippen LogP contribution in [0.15, 0.2) is 53.6 Å². The minimum atomic E-state index is -0.228. The third-order valence-electron chi connectivity index (χ3n) is 3.58. The molecule has 3 nitrogen and oxygen atoms in total. The first-order chi connectivity index (χ1) is 10.2. The lowest BCUT2D eigenvalue weighted by atomic mass is 9.93. The zero-order valence-electron chi connectivity index (χ0n) is 11.6. The molecule has 5 heteroatoms. The molecule has 0 unspecified atom stereocenters. The number of allylic oxidation sites excluding steroid dienone is 2. The largest absolute Gasteiger partial charge is 0.294 e. The normalized spacial score (nSPS) is 24.0. The van der Waals surface area contributed by atoms with E-state index in [-0.39, 0.29) is 23.7 Å². The number of carbonyl (C=O) groups is 1. The van der Waals surface area contributed by atoms with Gasteiger partial charge in [-0.1, -0.05) is 54.3 Å². The van der Waals surface area contributed by atoms with E-state index in [4.69, 9.17) is 0 Å². The highest BCUT2D eigenvalue weighted by Crippen LogP contribution is 2.28. The fraction of sp³-hybridized carbons (Fsp3) is 0.250. The molecule has 0 bridgehead atoms. The minimum absolute atomic E-state index is 0.0339. The van der Waals surface area contributed by atoms with Crippen molar-refractivity contribution in [1.29, 1.82) is 0 Å². The van der Waals surface area contributed by atoms with E-state index in [0.717, 1.165) is 0 Å². The minimum Gasteiger partial charge on any atom is -0.294 e. The molecule has 0 saturated heterocycles. The number of aliphatic imine (C=N–C) groups is 1. The SMILES string of the molecule is CN1C(=O)[C@H]2C=CC=C[C@@H]2N=C1SCc1ccccc1F. The van der Waals surface area contributed by atoms with Crippen LogP contribution < -0.4 is 0 Å². The van der Waals surface area contributed by atoms with E-state index >= 15 is 0 Å². The van der Waals surface area contributed by atoms with Gasteiger partial charge in [-0.25, -0.2) is 4.39 Å². The van der Waals surface area contributed by atoms with Crippen LogP contribution in [-0.4, -0.2) is 29.1 Å². The number of nitrogens with zero attached hydrogens (tertiary/aromatic N) is 2. The standard InChI is InChI=1S/C16H15FN2OS/c1-19-15(20)12-7-3-5-9-14(12)18-16(19)21-10-11-6-2-4-8-13(11)17/h2-9,12,14H,10H2,1H3/t12-,14-/m0/s1. The van der Waals surface area contributed by atoms with Crippen LogP contribution in [0.2, 0.25) is 0 Å². The molecule has 0 N–H and O–H groups in total. The Bertz CT molecular complexity index is 653. The van der Waals surface area contributed by atoms with Crippen molar-refractivity contribution in [2.24, 2.45) is 10.9 Å². The van der Waals surface area contributed by atoms with Gasteiger partial charge < -0.3 is 0 Å². The molecule has 1 aromatic rings. The molecule has 2 aliphatic rings. The zero-order chi connectivity index (χ0) is 14.8. The Labute approximate surface area is 127 Å². The van der Waals surface area contributed by atoms with Crippen molar-refractivity contribution < 1.29 is 9.18 Å². The van der Waals surface area contributed by atoms with E-state index in [9.17, 15) is 9.18 Å². The van der Waals surface area contributed by atoms with E-state index in [1.165, 1.54) is 17.8 Å². The maximum atomic E-state index is 13.6. The Morgan fingerprint density at radius 1 is 1.29 bits per heavy atom. The number of thioether (sulfide) groups is 1. The van der Waals surface area contributed by atoms with Crippen molar-refractivity contribution >= 4 is 22.8 Å². The number of rotatable bonds is 2. The van der Waals surface area contributed by atoms with E-state index in [1.807, 2.05) is 24.3 Å². The average molecular weight is 302 g/mol. The van der Waals surface area contributed by atoms with E-state index in [2.05, 4.69) is 4.99 Å². The first kappa shape index (κ1) is 14.1. The van der Waals surface area contributed by atoms with Crippen LogP contribution in [0.3, 0.4) is 0 Å². The van der Waals surface area contributed by atoms with E-state index in [0.29, 0.717) is 16.5 Å². The number of fused-ring (bicyclic) bond motifs is 1. The van der Waals surface area contributed by atoms with Gasteiger partial charge in [0.15, 0.2) is 5.17 Å². The number of carbonyl (C=O) groups excluding carboxylic acids is 1. The van der Waals surface area contributed by atoms with Crippen LogP contribution in [0.1, 0.15) is 5.56 Å². The Hall–Kier alpha value is -1.88. The Morgan fingerprint density at radius 3 is 2.86 bits per heavy atom. The molecular formula is C16H15FN2OS. The monoisotopic (exact) mass is 302 g/mol. The topological polar surface area (TPSA) is 32.7 Å². The van der Waals surface area contributed by atoms with Gasteiger partial charge in [-0.05, 0) is 11.6 Å². The number of hydrogen-bond donors (Lipinski definition) is 0. The Balaban J connectivity index is 1.77. The van der Waals surface area contributed by atoms with Crippen molar-refractivity contribution in [2.45, 2.75) is 11.8 Å². The number of hydrogen-bond acceptors (Lipinski definition) is 3. The molecule has 1 aromatic carbocycles. The summed E-state index contributed by atoms with van der Waals surface area (Å²) in [6.45, 7) is 0. The summed E-state index contributed by atoms with van der Waals surface area (Å²) in [7, 11) is 1.72. The summed E-state index contributed by atoms with van der Waals surface area (Å²) < 4.78 is 13.6. The fourth-order valence-corrected chi connectivity index (χ4v) is 3.37. The quantitative estimate of drug-likeness (QED) is 0.841. The summed E-state index contributed by atoms with van der Waals surface area (Å²) in [4.78, 5) is 18.5. The molecule has 1 aliphatic heterocycles. The van der Waals surface area contributed by atoms with Crippen LogP contribution in [0, 0.1) is 11.7 Å². The van der Waals surface area contributed by atoms with Crippen LogP contribution in [-0.2, 0) is 10.5 Å². The summed E-state index contributed by atoms with van der Waals surface area (Å²) >= 11 is 1.39. The van der Waals surface area contributed by atoms with Crippen molar-refractivity contribution in [1.82, 2.24) is 4.90 Å². The van der Waals surface area contributed by atoms with Gasteiger partial charge in [0.2, 0.25) is 5.91 Å². The molecule has 21 heavy (non-hydrogen) atoms. The second kappa shape index (κ2) is 5.85. The molecule has 0 radical (unpaired) electrons. The number of benzene rings is 1. The van der Waals surface area contributed by atoms with Gasteiger partial charge in [0.05, 0.1) is 12.0 Å². The average Bonchev–Trinajstić information content (AvgIpc) is 2.51. The summed E-state index contributed by atoms with van der Waals surface area (Å²) in [5, 5.41) is 0.643. The highest BCUT2D eigenvalue weighted by Gasteiger charge is 2.34. The summed E-state index contributed by atoms with van der Waals surface area (Å²) in [6, 6.07) is 6.53. The lowest BCUT2D eigenvalue weighted by Crippen LogP contribution is -2.45. The van der Waals surface area contributed by atoms with Gasteiger partial charge in [0.1, 0.15) is 5.82 Å². The summed E-state index contributed by atoms with van der Waals surface area (Å²) in [5.74, 6) is 0.0540. The van der Waals surface area contributed by atoms with Crippen LogP contribution in [0.25, 0.3) is 0 Å². The first-order valence-electron chi connectivity index (χ1n) is 6.73. The maximum Gasteiger partial charge on any atom is 0.237 e. The molecule has 1 aliphatic carbocycles. The second-order valence-electron chi connectivity index (χ2n) is 4.98. The van der Waals surface area contributed by atoms with Gasteiger partial charge >= 0.3 is 0 Å². The van der Waals surface area contributed by atoms with Crippen LogP contribution in [0.5, 0.6) is 0 Å². The van der Waals surface area contributed by atoms with Crippen molar-refractivity contribution in [3.8, 4) is 0 Å². The van der Waals surface area contributed by atoms with Crippen LogP contribution >= 0.6 is 11.8 Å². The molecule has 0 saturated carbocycles. The molecule has 2 atom stereocenters. The predicted octanol–water partition coefficient (Wildman–Crippen LogP) is 3.00. The van der Waals surface area contributed by atoms with Gasteiger partial charge in [0, 0.05) is 12.8 Å². The highest BCUT2D eigenvalue weighted by atomic mass is 32.2. The van der Waals surface area contributed by atoms with Crippen molar-refractivity contribution in [3.63, 3.8) is 0 Å². The lowest BCUT2D eigenvalue weighted by Gasteiger charge is -2.32. The maximum absolute atomic E-state index is 13.6. The fourth-order valence-electron chi connectivity index (χ4n) is 2.37. The number of amidine groups is 1. The van der Waals surface area contributed by atoms with E-state index in [1.54, 1.807) is 30.1 Å². The zero-order valence-corrected chi connectivity index (χ0v) is 12.4. The second-order valence-corrected chi connectivity index (χ2v) is 5.92. The molecule has 0 aromatic heterocycles. The number of amides is 1. The molecule has 3 rings (SSSR count). The molecule has 0 spiro atoms. The van der Waals surface area contributed by atoms with Gasteiger partial charge in [0.25, 0.3) is 0 Å². The van der Waals surface area contributed by atoms with Crippen molar-refractivity contribution in [2.75, 3.05) is 7.05 Å². The number of halogens is 1. The lowest BCUT2D eigenvalue weighted by molar-refractivity contribution is -0.129. The molecule has 0 fully saturated rings. The molecular weight excluding hydrogens is 287 g/mol. The first-order valence-corrected chi connectivity index (χ1v) is 7.72. The Morgan fingerprint density at radius 2 is 2.05 bits per heavy atom. The van der Waals surface area contributed by atoms with Gasteiger partial charge in [-0.2, -0.15) is 0 Å². The van der Waals surface area contributed by atoms with Gasteiger partial charge in [-0.3, -0.25) is 14.7 Å². The van der Waals surface area contributed by atoms with E-state index < -0.39 is 0 Å². The van der Waals surface area contributed by atoms with Crippen LogP contribution in [0.4, 0.5) is 4.39 Å². The summed E-state index contributed by atoms with van der Waals surface area (Å²) in [6.07, 6.45) is 7.59. The smallest absolute Gasteiger partial charge is 0.237 e. The highest BCUT2D eigenvalue weighted by molar-refractivity contribution is 8.13. The molecule has 1 heterocycles. The predicted molar refractivity (Wildman–Crippen MR) is 83.5 cm³/mol. The molecule has 1 amide bonds. The third-order valence-corrected chi connectivity index (χ3v) is 4.68.